The van der Waals surface area contributed by atoms with Crippen molar-refractivity contribution in [2.45, 2.75) is 82.8 Å². The smallest absolute Gasteiger partial charge is 0.211 e. The van der Waals surface area contributed by atoms with Crippen LogP contribution >= 0.6 is 0 Å². The summed E-state index contributed by atoms with van der Waals surface area (Å²) in [4.78, 5) is 0. The maximum atomic E-state index is 12.1. The van der Waals surface area contributed by atoms with E-state index in [1.165, 1.54) is 19.3 Å². The summed E-state index contributed by atoms with van der Waals surface area (Å²) < 4.78 is 33.1. The Morgan fingerprint density at radius 2 is 1.95 bits per heavy atom. The summed E-state index contributed by atoms with van der Waals surface area (Å²) in [5.41, 5.74) is -0.0346. The highest BCUT2D eigenvalue weighted by Gasteiger charge is 2.39. The van der Waals surface area contributed by atoms with Crippen LogP contribution in [0.4, 0.5) is 0 Å². The third-order valence-electron chi connectivity index (χ3n) is 4.62. The number of unbranched alkanes of at least 4 members (excludes halogenated alkanes) is 2. The third kappa shape index (κ3) is 4.71. The van der Waals surface area contributed by atoms with Crippen molar-refractivity contribution in [2.75, 3.05) is 12.4 Å². The van der Waals surface area contributed by atoms with E-state index in [1.54, 1.807) is 0 Å². The summed E-state index contributed by atoms with van der Waals surface area (Å²) in [6, 6.07) is 0.0773. The Kier molecular flexibility index (Phi) is 5.87. The molecule has 2 fully saturated rings. The maximum absolute atomic E-state index is 12.1. The summed E-state index contributed by atoms with van der Waals surface area (Å²) in [5.74, 6) is 0.269. The first-order chi connectivity index (χ1) is 9.55. The molecule has 0 radical (unpaired) electrons. The first kappa shape index (κ1) is 16.2. The average Bonchev–Trinajstić information content (AvgIpc) is 2.39. The highest BCUT2D eigenvalue weighted by molar-refractivity contribution is 7.89. The number of nitrogens with one attached hydrogen (secondary N) is 1. The number of rotatable bonds is 6. The maximum Gasteiger partial charge on any atom is 0.211 e. The van der Waals surface area contributed by atoms with Crippen molar-refractivity contribution >= 4 is 10.0 Å². The van der Waals surface area contributed by atoms with Crippen LogP contribution in [-0.2, 0) is 14.8 Å². The molecule has 1 heterocycles. The zero-order valence-electron chi connectivity index (χ0n) is 12.7. The van der Waals surface area contributed by atoms with Crippen LogP contribution in [0.3, 0.4) is 0 Å². The van der Waals surface area contributed by atoms with Gasteiger partial charge in [-0.1, -0.05) is 39.0 Å². The molecule has 1 atom stereocenters. The Balaban J connectivity index is 1.86. The van der Waals surface area contributed by atoms with Gasteiger partial charge in [0.2, 0.25) is 10.0 Å². The van der Waals surface area contributed by atoms with Crippen LogP contribution in [0.25, 0.3) is 0 Å². The van der Waals surface area contributed by atoms with Crippen LogP contribution in [0.1, 0.15) is 71.1 Å². The minimum atomic E-state index is -3.11. The number of ether oxygens (including phenoxy) is 1. The molecule has 1 N–H and O–H groups in total. The van der Waals surface area contributed by atoms with Gasteiger partial charge in [-0.25, -0.2) is 13.1 Å². The number of sulfonamides is 1. The fraction of sp³-hybridized carbons (Fsp3) is 1.00. The van der Waals surface area contributed by atoms with Gasteiger partial charge < -0.3 is 4.74 Å². The van der Waals surface area contributed by atoms with E-state index < -0.39 is 10.0 Å². The van der Waals surface area contributed by atoms with E-state index in [0.717, 1.165) is 44.9 Å². The van der Waals surface area contributed by atoms with E-state index in [2.05, 4.69) is 11.6 Å². The van der Waals surface area contributed by atoms with Gasteiger partial charge in [-0.15, -0.1) is 0 Å². The summed E-state index contributed by atoms with van der Waals surface area (Å²) in [7, 11) is -3.11. The molecule has 0 amide bonds. The van der Waals surface area contributed by atoms with Crippen molar-refractivity contribution in [3.63, 3.8) is 0 Å². The predicted molar refractivity (Wildman–Crippen MR) is 81.2 cm³/mol. The monoisotopic (exact) mass is 303 g/mol. The van der Waals surface area contributed by atoms with Crippen molar-refractivity contribution in [1.82, 2.24) is 4.72 Å². The lowest BCUT2D eigenvalue weighted by molar-refractivity contribution is -0.106. The van der Waals surface area contributed by atoms with Gasteiger partial charge in [-0.2, -0.15) is 0 Å². The van der Waals surface area contributed by atoms with Gasteiger partial charge in [-0.3, -0.25) is 0 Å². The second kappa shape index (κ2) is 7.23. The van der Waals surface area contributed by atoms with Crippen molar-refractivity contribution in [2.24, 2.45) is 0 Å². The van der Waals surface area contributed by atoms with Crippen LogP contribution in [0, 0.1) is 0 Å². The SMILES string of the molecule is CCCCCS(=O)(=O)N[C@H]1CCOC2(CCCCC2)C1. The molecular formula is C15H29NO3S. The molecule has 4 nitrogen and oxygen atoms in total. The molecule has 2 aliphatic rings. The summed E-state index contributed by atoms with van der Waals surface area (Å²) in [6.45, 7) is 2.79. The van der Waals surface area contributed by atoms with E-state index in [-0.39, 0.29) is 17.4 Å². The normalized spacial score (nSPS) is 26.8. The van der Waals surface area contributed by atoms with Crippen molar-refractivity contribution in [3.8, 4) is 0 Å². The van der Waals surface area contributed by atoms with Gasteiger partial charge in [0, 0.05) is 12.6 Å². The minimum absolute atomic E-state index is 0.0346. The molecule has 1 aliphatic heterocycles. The van der Waals surface area contributed by atoms with E-state index in [4.69, 9.17) is 4.74 Å². The zero-order valence-corrected chi connectivity index (χ0v) is 13.5. The molecule has 0 aromatic rings. The van der Waals surface area contributed by atoms with Crippen LogP contribution in [0.5, 0.6) is 0 Å². The van der Waals surface area contributed by atoms with E-state index >= 15 is 0 Å². The summed E-state index contributed by atoms with van der Waals surface area (Å²) >= 11 is 0. The largest absolute Gasteiger partial charge is 0.375 e. The van der Waals surface area contributed by atoms with Crippen LogP contribution in [-0.4, -0.2) is 32.4 Å². The van der Waals surface area contributed by atoms with Crippen LogP contribution in [0.2, 0.25) is 0 Å². The van der Waals surface area contributed by atoms with Crippen molar-refractivity contribution in [3.05, 3.63) is 0 Å². The molecule has 1 saturated heterocycles. The van der Waals surface area contributed by atoms with Crippen molar-refractivity contribution in [1.29, 1.82) is 0 Å². The molecule has 20 heavy (non-hydrogen) atoms. The minimum Gasteiger partial charge on any atom is -0.375 e. The van der Waals surface area contributed by atoms with Gasteiger partial charge in [0.25, 0.3) is 0 Å². The predicted octanol–water partition coefficient (Wildman–Crippen LogP) is 2.98. The quantitative estimate of drug-likeness (QED) is 0.768. The van der Waals surface area contributed by atoms with E-state index in [9.17, 15) is 8.42 Å². The van der Waals surface area contributed by atoms with Crippen LogP contribution in [0.15, 0.2) is 0 Å². The number of hydrogen-bond donors (Lipinski definition) is 1. The molecular weight excluding hydrogens is 274 g/mol. The molecule has 0 aromatic heterocycles. The Labute approximate surface area is 123 Å². The molecule has 5 heteroatoms. The molecule has 118 valence electrons. The van der Waals surface area contributed by atoms with E-state index in [1.807, 2.05) is 0 Å². The fourth-order valence-electron chi connectivity index (χ4n) is 3.53. The third-order valence-corrected chi connectivity index (χ3v) is 6.14. The molecule has 1 saturated carbocycles. The highest BCUT2D eigenvalue weighted by Crippen LogP contribution is 2.38. The second-order valence-electron chi connectivity index (χ2n) is 6.43. The lowest BCUT2D eigenvalue weighted by Crippen LogP contribution is -2.49. The molecule has 0 bridgehead atoms. The zero-order chi connectivity index (χ0) is 14.5. The molecule has 1 aliphatic carbocycles. The Bertz CT molecular complexity index is 382. The first-order valence-corrected chi connectivity index (χ1v) is 9.84. The topological polar surface area (TPSA) is 55.4 Å². The molecule has 0 unspecified atom stereocenters. The fourth-order valence-corrected chi connectivity index (χ4v) is 4.94. The summed E-state index contributed by atoms with van der Waals surface area (Å²) in [6.07, 6.45) is 10.4. The first-order valence-electron chi connectivity index (χ1n) is 8.19. The Morgan fingerprint density at radius 3 is 2.65 bits per heavy atom. The molecule has 1 spiro atoms. The van der Waals surface area contributed by atoms with E-state index in [0.29, 0.717) is 6.61 Å². The van der Waals surface area contributed by atoms with Crippen molar-refractivity contribution < 1.29 is 13.2 Å². The van der Waals surface area contributed by atoms with Gasteiger partial charge in [0.1, 0.15) is 0 Å². The lowest BCUT2D eigenvalue weighted by atomic mass is 9.78. The molecule has 0 aromatic carbocycles. The second-order valence-corrected chi connectivity index (χ2v) is 8.30. The molecule has 2 rings (SSSR count). The van der Waals surface area contributed by atoms with Gasteiger partial charge in [-0.05, 0) is 32.1 Å². The Morgan fingerprint density at radius 1 is 1.20 bits per heavy atom. The highest BCUT2D eigenvalue weighted by atomic mass is 32.2. The van der Waals surface area contributed by atoms with Crippen LogP contribution < -0.4 is 4.72 Å². The Hall–Kier alpha value is -0.130. The standard InChI is InChI=1S/C15H29NO3S/c1-2-3-7-12-20(17,18)16-14-8-11-19-15(13-14)9-5-4-6-10-15/h14,16H,2-13H2,1H3/t14-/m0/s1. The van der Waals surface area contributed by atoms with Gasteiger partial charge >= 0.3 is 0 Å². The number of hydrogen-bond acceptors (Lipinski definition) is 3. The average molecular weight is 303 g/mol. The lowest BCUT2D eigenvalue weighted by Gasteiger charge is -2.43. The summed E-state index contributed by atoms with van der Waals surface area (Å²) in [5, 5.41) is 0. The van der Waals surface area contributed by atoms with Gasteiger partial charge in [0.05, 0.1) is 11.4 Å². The van der Waals surface area contributed by atoms with Gasteiger partial charge in [0.15, 0.2) is 0 Å².